The normalized spacial score (nSPS) is 11.7. The molecule has 0 radical (unpaired) electrons. The van der Waals surface area contributed by atoms with Crippen molar-refractivity contribution >= 4 is 0 Å². The van der Waals surface area contributed by atoms with Crippen molar-refractivity contribution in [3.8, 4) is 11.8 Å². The zero-order valence-electron chi connectivity index (χ0n) is 9.46. The molecule has 0 spiro atoms. The van der Waals surface area contributed by atoms with Crippen LogP contribution in [0.4, 0.5) is 0 Å². The van der Waals surface area contributed by atoms with E-state index in [2.05, 4.69) is 22.3 Å². The molecule has 0 saturated heterocycles. The summed E-state index contributed by atoms with van der Waals surface area (Å²) in [6.07, 6.45) is 0.718. The van der Waals surface area contributed by atoms with Crippen LogP contribution in [0.5, 0.6) is 0 Å². The highest BCUT2D eigenvalue weighted by molar-refractivity contribution is 5.24. The average Bonchev–Trinajstić information content (AvgIpc) is 2.17. The van der Waals surface area contributed by atoms with E-state index in [1.165, 1.54) is 0 Å². The predicted octanol–water partition coefficient (Wildman–Crippen LogP) is 1.62. The second-order valence-corrected chi connectivity index (χ2v) is 3.53. The number of aryl methyl sites for hydroxylation is 2. The molecule has 3 N–H and O–H groups in total. The number of aromatic nitrogens is 1. The first-order chi connectivity index (χ1) is 7.17. The molecule has 1 atom stereocenters. The van der Waals surface area contributed by atoms with Gasteiger partial charge >= 0.3 is 0 Å². The van der Waals surface area contributed by atoms with Gasteiger partial charge in [0.1, 0.15) is 0 Å². The fourth-order valence-corrected chi connectivity index (χ4v) is 1.55. The van der Waals surface area contributed by atoms with Gasteiger partial charge in [-0.3, -0.25) is 16.3 Å². The van der Waals surface area contributed by atoms with Crippen LogP contribution in [0.25, 0.3) is 0 Å². The van der Waals surface area contributed by atoms with Gasteiger partial charge in [0.05, 0.1) is 6.04 Å². The van der Waals surface area contributed by atoms with Gasteiger partial charge in [0.25, 0.3) is 0 Å². The summed E-state index contributed by atoms with van der Waals surface area (Å²) in [5, 5.41) is 0. The van der Waals surface area contributed by atoms with E-state index in [0.29, 0.717) is 0 Å². The van der Waals surface area contributed by atoms with Gasteiger partial charge in [-0.15, -0.1) is 11.8 Å². The molecule has 0 aromatic carbocycles. The van der Waals surface area contributed by atoms with E-state index in [1.807, 2.05) is 32.9 Å². The molecule has 80 valence electrons. The monoisotopic (exact) mass is 203 g/mol. The third-order valence-electron chi connectivity index (χ3n) is 2.19. The molecule has 0 amide bonds. The molecular weight excluding hydrogens is 186 g/mol. The lowest BCUT2D eigenvalue weighted by Crippen LogP contribution is -2.27. The Balaban J connectivity index is 2.93. The van der Waals surface area contributed by atoms with Gasteiger partial charge in [0.15, 0.2) is 0 Å². The number of nitrogens with one attached hydrogen (secondary N) is 1. The molecule has 0 fully saturated rings. The molecule has 0 aliphatic carbocycles. The summed E-state index contributed by atoms with van der Waals surface area (Å²) in [5.74, 6) is 11.4. The van der Waals surface area contributed by atoms with Crippen molar-refractivity contribution in [3.05, 3.63) is 29.1 Å². The number of rotatable bonds is 3. The van der Waals surface area contributed by atoms with E-state index in [0.717, 1.165) is 23.4 Å². The van der Waals surface area contributed by atoms with E-state index < -0.39 is 0 Å². The number of nitrogens with zero attached hydrogens (tertiary/aromatic N) is 1. The van der Waals surface area contributed by atoms with Crippen molar-refractivity contribution < 1.29 is 0 Å². The Labute approximate surface area is 91.1 Å². The molecule has 3 nitrogen and oxygen atoms in total. The highest BCUT2D eigenvalue weighted by Gasteiger charge is 2.09. The van der Waals surface area contributed by atoms with Crippen molar-refractivity contribution in [1.82, 2.24) is 10.4 Å². The van der Waals surface area contributed by atoms with Gasteiger partial charge in [-0.1, -0.05) is 0 Å². The molecule has 0 aliphatic rings. The standard InChI is InChI=1S/C12H17N3/c1-4-5-6-12(15-13)11-7-9(2)14-10(3)8-11/h7-8,12,15H,6,13H2,1-3H3. The Morgan fingerprint density at radius 1 is 1.40 bits per heavy atom. The fraction of sp³-hybridized carbons (Fsp3) is 0.417. The van der Waals surface area contributed by atoms with E-state index >= 15 is 0 Å². The van der Waals surface area contributed by atoms with Crippen molar-refractivity contribution in [2.45, 2.75) is 33.2 Å². The summed E-state index contributed by atoms with van der Waals surface area (Å²) in [6.45, 7) is 5.79. The van der Waals surface area contributed by atoms with Crippen molar-refractivity contribution in [2.24, 2.45) is 5.84 Å². The summed E-state index contributed by atoms with van der Waals surface area (Å²) in [6, 6.07) is 4.15. The van der Waals surface area contributed by atoms with Gasteiger partial charge in [0, 0.05) is 17.8 Å². The maximum atomic E-state index is 5.51. The first-order valence-corrected chi connectivity index (χ1v) is 4.98. The van der Waals surface area contributed by atoms with Gasteiger partial charge < -0.3 is 0 Å². The smallest absolute Gasteiger partial charge is 0.0570 e. The summed E-state index contributed by atoms with van der Waals surface area (Å²) in [5.41, 5.74) is 5.94. The lowest BCUT2D eigenvalue weighted by atomic mass is 10.0. The minimum absolute atomic E-state index is 0.0813. The Morgan fingerprint density at radius 2 is 2.00 bits per heavy atom. The fourth-order valence-electron chi connectivity index (χ4n) is 1.55. The largest absolute Gasteiger partial charge is 0.271 e. The van der Waals surface area contributed by atoms with E-state index in [-0.39, 0.29) is 6.04 Å². The first-order valence-electron chi connectivity index (χ1n) is 4.98. The molecule has 1 rings (SSSR count). The summed E-state index contributed by atoms with van der Waals surface area (Å²) in [4.78, 5) is 4.33. The van der Waals surface area contributed by atoms with Crippen LogP contribution in [-0.2, 0) is 0 Å². The molecule has 0 aliphatic heterocycles. The SMILES string of the molecule is CC#CCC(NN)c1cc(C)nc(C)c1. The summed E-state index contributed by atoms with van der Waals surface area (Å²) >= 11 is 0. The second-order valence-electron chi connectivity index (χ2n) is 3.53. The molecular formula is C12H17N3. The quantitative estimate of drug-likeness (QED) is 0.446. The van der Waals surface area contributed by atoms with Crippen molar-refractivity contribution in [2.75, 3.05) is 0 Å². The molecule has 1 aromatic rings. The number of nitrogens with two attached hydrogens (primary N) is 1. The third-order valence-corrected chi connectivity index (χ3v) is 2.19. The van der Waals surface area contributed by atoms with Gasteiger partial charge in [-0.2, -0.15) is 0 Å². The first kappa shape index (κ1) is 11.7. The minimum Gasteiger partial charge on any atom is -0.271 e. The lowest BCUT2D eigenvalue weighted by molar-refractivity contribution is 0.566. The summed E-state index contributed by atoms with van der Waals surface area (Å²) in [7, 11) is 0. The van der Waals surface area contributed by atoms with Crippen molar-refractivity contribution in [3.63, 3.8) is 0 Å². The van der Waals surface area contributed by atoms with E-state index in [9.17, 15) is 0 Å². The predicted molar refractivity (Wildman–Crippen MR) is 61.8 cm³/mol. The molecule has 1 heterocycles. The van der Waals surface area contributed by atoms with Gasteiger partial charge in [-0.05, 0) is 38.5 Å². The van der Waals surface area contributed by atoms with E-state index in [4.69, 9.17) is 5.84 Å². The highest BCUT2D eigenvalue weighted by Crippen LogP contribution is 2.16. The Hall–Kier alpha value is -1.37. The second kappa shape index (κ2) is 5.50. The number of pyridine rings is 1. The highest BCUT2D eigenvalue weighted by atomic mass is 15.2. The number of hydrazine groups is 1. The van der Waals surface area contributed by atoms with Gasteiger partial charge in [-0.25, -0.2) is 0 Å². The molecule has 0 bridgehead atoms. The van der Waals surface area contributed by atoms with Crippen LogP contribution in [-0.4, -0.2) is 4.98 Å². The van der Waals surface area contributed by atoms with Crippen LogP contribution < -0.4 is 11.3 Å². The average molecular weight is 203 g/mol. The Morgan fingerprint density at radius 3 is 2.47 bits per heavy atom. The molecule has 1 aromatic heterocycles. The molecule has 15 heavy (non-hydrogen) atoms. The molecule has 0 saturated carbocycles. The van der Waals surface area contributed by atoms with Crippen LogP contribution in [0.3, 0.4) is 0 Å². The Kier molecular flexibility index (Phi) is 4.29. The maximum Gasteiger partial charge on any atom is 0.0570 e. The van der Waals surface area contributed by atoms with E-state index in [1.54, 1.807) is 0 Å². The Bertz CT molecular complexity index is 367. The topological polar surface area (TPSA) is 50.9 Å². The lowest BCUT2D eigenvalue weighted by Gasteiger charge is -2.14. The zero-order chi connectivity index (χ0) is 11.3. The van der Waals surface area contributed by atoms with Gasteiger partial charge in [0.2, 0.25) is 0 Å². The van der Waals surface area contributed by atoms with Crippen LogP contribution >= 0.6 is 0 Å². The zero-order valence-corrected chi connectivity index (χ0v) is 9.46. The number of hydrogen-bond acceptors (Lipinski definition) is 3. The third kappa shape index (κ3) is 3.35. The molecule has 1 unspecified atom stereocenters. The minimum atomic E-state index is 0.0813. The van der Waals surface area contributed by atoms with Crippen LogP contribution in [0.2, 0.25) is 0 Å². The molecule has 3 heteroatoms. The van der Waals surface area contributed by atoms with Crippen LogP contribution in [0, 0.1) is 25.7 Å². The maximum absolute atomic E-state index is 5.51. The summed E-state index contributed by atoms with van der Waals surface area (Å²) < 4.78 is 0. The van der Waals surface area contributed by atoms with Crippen LogP contribution in [0.15, 0.2) is 12.1 Å². The van der Waals surface area contributed by atoms with Crippen LogP contribution in [0.1, 0.15) is 36.3 Å². The van der Waals surface area contributed by atoms with Crippen molar-refractivity contribution in [1.29, 1.82) is 0 Å². The number of hydrogen-bond donors (Lipinski definition) is 2.